The van der Waals surface area contributed by atoms with Crippen LogP contribution in [0.25, 0.3) is 0 Å². The van der Waals surface area contributed by atoms with E-state index in [1.54, 1.807) is 6.07 Å². The summed E-state index contributed by atoms with van der Waals surface area (Å²) in [5, 5.41) is 0. The summed E-state index contributed by atoms with van der Waals surface area (Å²) in [5.74, 6) is -0.186. The molecule has 0 spiro atoms. The SMILES string of the molecule is CC(c1ccc(F)c(Br)c1)N1CCCCC1. The minimum atomic E-state index is -0.186. The lowest BCUT2D eigenvalue weighted by atomic mass is 10.0. The van der Waals surface area contributed by atoms with E-state index in [1.807, 2.05) is 12.1 Å². The molecular weight excluding hydrogens is 269 g/mol. The number of benzene rings is 1. The molecule has 1 aliphatic heterocycles. The first-order valence-electron chi connectivity index (χ1n) is 5.87. The van der Waals surface area contributed by atoms with E-state index in [2.05, 4.69) is 27.8 Å². The molecule has 1 unspecified atom stereocenters. The number of piperidine rings is 1. The highest BCUT2D eigenvalue weighted by molar-refractivity contribution is 9.10. The van der Waals surface area contributed by atoms with Crippen molar-refractivity contribution < 1.29 is 4.39 Å². The fourth-order valence-corrected chi connectivity index (χ4v) is 2.69. The van der Waals surface area contributed by atoms with Gasteiger partial charge in [0.25, 0.3) is 0 Å². The number of rotatable bonds is 2. The Morgan fingerprint density at radius 1 is 1.25 bits per heavy atom. The number of hydrogen-bond acceptors (Lipinski definition) is 1. The molecule has 1 aromatic rings. The van der Waals surface area contributed by atoms with Gasteiger partial charge in [-0.25, -0.2) is 4.39 Å². The Kier molecular flexibility index (Phi) is 3.98. The first kappa shape index (κ1) is 12.1. The van der Waals surface area contributed by atoms with Crippen molar-refractivity contribution >= 4 is 15.9 Å². The van der Waals surface area contributed by atoms with Gasteiger partial charge in [0.15, 0.2) is 0 Å². The highest BCUT2D eigenvalue weighted by atomic mass is 79.9. The first-order valence-corrected chi connectivity index (χ1v) is 6.67. The largest absolute Gasteiger partial charge is 0.297 e. The standard InChI is InChI=1S/C13H17BrFN/c1-10(16-7-3-2-4-8-16)11-5-6-13(15)12(14)9-11/h5-6,9-10H,2-4,7-8H2,1H3. The van der Waals surface area contributed by atoms with Gasteiger partial charge in [0.1, 0.15) is 5.82 Å². The second-order valence-corrected chi connectivity index (χ2v) is 5.30. The van der Waals surface area contributed by atoms with Gasteiger partial charge in [-0.2, -0.15) is 0 Å². The molecule has 0 N–H and O–H groups in total. The Labute approximate surface area is 105 Å². The maximum absolute atomic E-state index is 13.1. The fourth-order valence-electron chi connectivity index (χ4n) is 2.29. The van der Waals surface area contributed by atoms with Crippen LogP contribution in [0.4, 0.5) is 4.39 Å². The van der Waals surface area contributed by atoms with E-state index in [1.165, 1.54) is 24.8 Å². The molecule has 1 nitrogen and oxygen atoms in total. The average molecular weight is 286 g/mol. The van der Waals surface area contributed by atoms with E-state index >= 15 is 0 Å². The lowest BCUT2D eigenvalue weighted by Gasteiger charge is -2.32. The number of likely N-dealkylation sites (tertiary alicyclic amines) is 1. The molecule has 1 fully saturated rings. The van der Waals surface area contributed by atoms with Crippen LogP contribution < -0.4 is 0 Å². The van der Waals surface area contributed by atoms with Gasteiger partial charge in [0.2, 0.25) is 0 Å². The molecule has 3 heteroatoms. The average Bonchev–Trinajstić information content (AvgIpc) is 2.33. The van der Waals surface area contributed by atoms with E-state index < -0.39 is 0 Å². The van der Waals surface area contributed by atoms with Crippen molar-refractivity contribution in [2.45, 2.75) is 32.2 Å². The van der Waals surface area contributed by atoms with Crippen LogP contribution in [-0.2, 0) is 0 Å². The molecular formula is C13H17BrFN. The molecule has 2 rings (SSSR count). The molecule has 1 saturated heterocycles. The van der Waals surface area contributed by atoms with Crippen molar-refractivity contribution in [1.82, 2.24) is 4.90 Å². The molecule has 1 aromatic carbocycles. The van der Waals surface area contributed by atoms with Crippen LogP contribution >= 0.6 is 15.9 Å². The van der Waals surface area contributed by atoms with Gasteiger partial charge in [-0.15, -0.1) is 0 Å². The smallest absolute Gasteiger partial charge is 0.137 e. The van der Waals surface area contributed by atoms with Gasteiger partial charge < -0.3 is 0 Å². The lowest BCUT2D eigenvalue weighted by molar-refractivity contribution is 0.175. The quantitative estimate of drug-likeness (QED) is 0.790. The lowest BCUT2D eigenvalue weighted by Crippen LogP contribution is -2.32. The van der Waals surface area contributed by atoms with E-state index in [-0.39, 0.29) is 5.82 Å². The number of nitrogens with zero attached hydrogens (tertiary/aromatic N) is 1. The van der Waals surface area contributed by atoms with Crippen molar-refractivity contribution in [3.63, 3.8) is 0 Å². The Morgan fingerprint density at radius 2 is 1.94 bits per heavy atom. The summed E-state index contributed by atoms with van der Waals surface area (Å²) in [5.41, 5.74) is 1.19. The zero-order valence-electron chi connectivity index (χ0n) is 9.55. The topological polar surface area (TPSA) is 3.24 Å². The molecule has 1 atom stereocenters. The molecule has 88 valence electrons. The molecule has 1 heterocycles. The third-order valence-corrected chi connectivity index (χ3v) is 3.97. The first-order chi connectivity index (χ1) is 7.68. The summed E-state index contributed by atoms with van der Waals surface area (Å²) in [4.78, 5) is 2.48. The normalized spacial score (nSPS) is 19.7. The molecule has 0 radical (unpaired) electrons. The van der Waals surface area contributed by atoms with Crippen LogP contribution in [-0.4, -0.2) is 18.0 Å². The van der Waals surface area contributed by atoms with Crippen molar-refractivity contribution in [1.29, 1.82) is 0 Å². The van der Waals surface area contributed by atoms with Gasteiger partial charge in [0.05, 0.1) is 4.47 Å². The van der Waals surface area contributed by atoms with Crippen molar-refractivity contribution in [2.75, 3.05) is 13.1 Å². The van der Waals surface area contributed by atoms with Crippen LogP contribution in [0.2, 0.25) is 0 Å². The van der Waals surface area contributed by atoms with Crippen molar-refractivity contribution in [3.05, 3.63) is 34.1 Å². The second-order valence-electron chi connectivity index (χ2n) is 4.45. The Balaban J connectivity index is 2.12. The minimum Gasteiger partial charge on any atom is -0.297 e. The zero-order chi connectivity index (χ0) is 11.5. The van der Waals surface area contributed by atoms with E-state index in [0.717, 1.165) is 13.1 Å². The maximum atomic E-state index is 13.1. The van der Waals surface area contributed by atoms with E-state index in [0.29, 0.717) is 10.5 Å². The summed E-state index contributed by atoms with van der Waals surface area (Å²) in [7, 11) is 0. The van der Waals surface area contributed by atoms with Crippen LogP contribution in [0.3, 0.4) is 0 Å². The maximum Gasteiger partial charge on any atom is 0.137 e. The molecule has 16 heavy (non-hydrogen) atoms. The molecule has 0 bridgehead atoms. The van der Waals surface area contributed by atoms with Crippen LogP contribution in [0.1, 0.15) is 37.8 Å². The molecule has 0 saturated carbocycles. The zero-order valence-corrected chi connectivity index (χ0v) is 11.1. The van der Waals surface area contributed by atoms with Gasteiger partial charge in [-0.1, -0.05) is 12.5 Å². The highest BCUT2D eigenvalue weighted by Crippen LogP contribution is 2.27. The van der Waals surface area contributed by atoms with Gasteiger partial charge in [0, 0.05) is 6.04 Å². The summed E-state index contributed by atoms with van der Waals surface area (Å²) < 4.78 is 13.7. The molecule has 1 aliphatic rings. The van der Waals surface area contributed by atoms with E-state index in [9.17, 15) is 4.39 Å². The monoisotopic (exact) mass is 285 g/mol. The predicted octanol–water partition coefficient (Wildman–Crippen LogP) is 4.14. The Hall–Kier alpha value is -0.410. The highest BCUT2D eigenvalue weighted by Gasteiger charge is 2.18. The molecule has 0 aliphatic carbocycles. The van der Waals surface area contributed by atoms with Gasteiger partial charge >= 0.3 is 0 Å². The van der Waals surface area contributed by atoms with Crippen LogP contribution in [0.5, 0.6) is 0 Å². The molecule has 0 amide bonds. The third kappa shape index (κ3) is 2.64. The second kappa shape index (κ2) is 5.28. The predicted molar refractivity (Wildman–Crippen MR) is 67.9 cm³/mol. The summed E-state index contributed by atoms with van der Waals surface area (Å²) in [6, 6.07) is 5.71. The minimum absolute atomic E-state index is 0.186. The number of halogens is 2. The third-order valence-electron chi connectivity index (χ3n) is 3.36. The summed E-state index contributed by atoms with van der Waals surface area (Å²) >= 11 is 3.24. The Bertz CT molecular complexity index is 361. The van der Waals surface area contributed by atoms with Crippen molar-refractivity contribution in [3.8, 4) is 0 Å². The Morgan fingerprint density at radius 3 is 2.56 bits per heavy atom. The summed E-state index contributed by atoms with van der Waals surface area (Å²) in [6.45, 7) is 4.53. The summed E-state index contributed by atoms with van der Waals surface area (Å²) in [6.07, 6.45) is 3.91. The van der Waals surface area contributed by atoms with E-state index in [4.69, 9.17) is 0 Å². The van der Waals surface area contributed by atoms with Gasteiger partial charge in [-0.3, -0.25) is 4.90 Å². The molecule has 0 aromatic heterocycles. The fraction of sp³-hybridized carbons (Fsp3) is 0.538. The number of hydrogen-bond donors (Lipinski definition) is 0. The van der Waals surface area contributed by atoms with Crippen LogP contribution in [0.15, 0.2) is 22.7 Å². The van der Waals surface area contributed by atoms with Crippen LogP contribution in [0, 0.1) is 5.82 Å². The van der Waals surface area contributed by atoms with Gasteiger partial charge in [-0.05, 0) is 66.5 Å². The van der Waals surface area contributed by atoms with Crippen molar-refractivity contribution in [2.24, 2.45) is 0 Å².